The number of hydrogen-bond acceptors (Lipinski definition) is 4. The van der Waals surface area contributed by atoms with Crippen molar-refractivity contribution < 1.29 is 8.42 Å². The fourth-order valence-corrected chi connectivity index (χ4v) is 2.84. The topological polar surface area (TPSA) is 86.9 Å². The third kappa shape index (κ3) is 3.37. The number of nitrogens with one attached hydrogen (secondary N) is 3. The van der Waals surface area contributed by atoms with Crippen molar-refractivity contribution in [2.24, 2.45) is 0 Å². The highest BCUT2D eigenvalue weighted by Crippen LogP contribution is 2.18. The Kier molecular flexibility index (Phi) is 4.41. The molecule has 2 rings (SSSR count). The standard InChI is InChI=1S/C13H18N4O2S/c1-3-14-10(2)11-4-6-12(7-5-11)17-20(18,19)13-8-9-15-16-13/h4-10,14,17H,3H2,1-2H3,(H,15,16). The van der Waals surface area contributed by atoms with Crippen LogP contribution in [0.15, 0.2) is 41.6 Å². The highest BCUT2D eigenvalue weighted by atomic mass is 32.2. The number of sulfonamides is 1. The van der Waals surface area contributed by atoms with Gasteiger partial charge in [-0.2, -0.15) is 13.5 Å². The molecular formula is C13H18N4O2S. The molecule has 0 spiro atoms. The van der Waals surface area contributed by atoms with E-state index >= 15 is 0 Å². The van der Waals surface area contributed by atoms with Gasteiger partial charge in [-0.15, -0.1) is 0 Å². The minimum atomic E-state index is -3.60. The number of nitrogens with zero attached hydrogens (tertiary/aromatic N) is 1. The summed E-state index contributed by atoms with van der Waals surface area (Å²) in [4.78, 5) is 0. The molecule has 3 N–H and O–H groups in total. The first kappa shape index (κ1) is 14.5. The van der Waals surface area contributed by atoms with E-state index in [0.717, 1.165) is 12.1 Å². The second kappa shape index (κ2) is 6.06. The molecule has 0 aliphatic rings. The fourth-order valence-electron chi connectivity index (χ4n) is 1.87. The molecule has 0 saturated heterocycles. The summed E-state index contributed by atoms with van der Waals surface area (Å²) in [6, 6.07) is 8.94. The van der Waals surface area contributed by atoms with E-state index in [4.69, 9.17) is 0 Å². The Bertz CT molecular complexity index is 636. The van der Waals surface area contributed by atoms with E-state index < -0.39 is 10.0 Å². The average molecular weight is 294 g/mol. The molecule has 0 amide bonds. The molecule has 1 heterocycles. The van der Waals surface area contributed by atoms with Gasteiger partial charge in [-0.1, -0.05) is 19.1 Å². The first-order chi connectivity index (χ1) is 9.53. The molecule has 20 heavy (non-hydrogen) atoms. The van der Waals surface area contributed by atoms with Gasteiger partial charge < -0.3 is 5.32 Å². The minimum absolute atomic E-state index is 0.0441. The van der Waals surface area contributed by atoms with Crippen LogP contribution in [0.4, 0.5) is 5.69 Å². The molecule has 0 saturated carbocycles. The Morgan fingerprint density at radius 1 is 1.25 bits per heavy atom. The van der Waals surface area contributed by atoms with Crippen molar-refractivity contribution in [3.8, 4) is 0 Å². The molecule has 0 aliphatic carbocycles. The number of H-pyrrole nitrogens is 1. The number of anilines is 1. The molecule has 108 valence electrons. The molecule has 0 bridgehead atoms. The van der Waals surface area contributed by atoms with Crippen LogP contribution in [0.2, 0.25) is 0 Å². The van der Waals surface area contributed by atoms with Gasteiger partial charge in [0.05, 0.1) is 6.20 Å². The summed E-state index contributed by atoms with van der Waals surface area (Å²) in [5.41, 5.74) is 1.63. The zero-order valence-corrected chi connectivity index (χ0v) is 12.2. The first-order valence-corrected chi connectivity index (χ1v) is 7.87. The SMILES string of the molecule is CCNC(C)c1ccc(NS(=O)(=O)c2ccn[nH]2)cc1. The molecule has 7 heteroatoms. The van der Waals surface area contributed by atoms with E-state index in [0.29, 0.717) is 5.69 Å². The van der Waals surface area contributed by atoms with E-state index in [9.17, 15) is 8.42 Å². The van der Waals surface area contributed by atoms with Crippen LogP contribution in [0.1, 0.15) is 25.5 Å². The maximum Gasteiger partial charge on any atom is 0.278 e. The normalized spacial score (nSPS) is 13.1. The predicted octanol–water partition coefficient (Wildman–Crippen LogP) is 1.88. The van der Waals surface area contributed by atoms with Gasteiger partial charge in [-0.25, -0.2) is 0 Å². The molecule has 0 aliphatic heterocycles. The lowest BCUT2D eigenvalue weighted by Crippen LogP contribution is -2.17. The summed E-state index contributed by atoms with van der Waals surface area (Å²) in [6.45, 7) is 4.99. The van der Waals surface area contributed by atoms with Gasteiger partial charge in [-0.05, 0) is 37.2 Å². The molecular weight excluding hydrogens is 276 g/mol. The summed E-state index contributed by atoms with van der Waals surface area (Å²) in [6.07, 6.45) is 1.40. The average Bonchev–Trinajstić information content (AvgIpc) is 2.94. The minimum Gasteiger partial charge on any atom is -0.310 e. The quantitative estimate of drug-likeness (QED) is 0.759. The molecule has 1 atom stereocenters. The largest absolute Gasteiger partial charge is 0.310 e. The molecule has 2 aromatic rings. The van der Waals surface area contributed by atoms with Crippen molar-refractivity contribution in [3.05, 3.63) is 42.1 Å². The summed E-state index contributed by atoms with van der Waals surface area (Å²) in [5.74, 6) is 0. The summed E-state index contributed by atoms with van der Waals surface area (Å²) in [7, 11) is -3.60. The highest BCUT2D eigenvalue weighted by Gasteiger charge is 2.15. The summed E-state index contributed by atoms with van der Waals surface area (Å²) < 4.78 is 26.5. The molecule has 1 aromatic carbocycles. The Morgan fingerprint density at radius 3 is 2.50 bits per heavy atom. The maximum atomic E-state index is 12.0. The number of aromatic amines is 1. The van der Waals surface area contributed by atoms with Crippen LogP contribution in [0.3, 0.4) is 0 Å². The monoisotopic (exact) mass is 294 g/mol. The molecule has 6 nitrogen and oxygen atoms in total. The molecule has 0 fully saturated rings. The lowest BCUT2D eigenvalue weighted by atomic mass is 10.1. The zero-order chi connectivity index (χ0) is 14.6. The van der Waals surface area contributed by atoms with Gasteiger partial charge >= 0.3 is 0 Å². The summed E-state index contributed by atoms with van der Waals surface area (Å²) in [5, 5.41) is 9.41. The predicted molar refractivity (Wildman–Crippen MR) is 77.9 cm³/mol. The van der Waals surface area contributed by atoms with E-state index in [2.05, 4.69) is 27.2 Å². The number of benzene rings is 1. The molecule has 1 aromatic heterocycles. The lowest BCUT2D eigenvalue weighted by molar-refractivity contribution is 0.597. The van der Waals surface area contributed by atoms with Crippen LogP contribution in [-0.4, -0.2) is 25.2 Å². The van der Waals surface area contributed by atoms with Crippen molar-refractivity contribution in [1.29, 1.82) is 0 Å². The van der Waals surface area contributed by atoms with E-state index in [1.807, 2.05) is 19.1 Å². The van der Waals surface area contributed by atoms with Gasteiger partial charge in [0, 0.05) is 11.7 Å². The first-order valence-electron chi connectivity index (χ1n) is 6.38. The molecule has 1 unspecified atom stereocenters. The zero-order valence-electron chi connectivity index (χ0n) is 11.4. The van der Waals surface area contributed by atoms with Gasteiger partial charge in [0.1, 0.15) is 0 Å². The number of rotatable bonds is 6. The van der Waals surface area contributed by atoms with Gasteiger partial charge in [0.25, 0.3) is 10.0 Å². The Hall–Kier alpha value is -1.86. The Balaban J connectivity index is 2.12. The van der Waals surface area contributed by atoms with Crippen molar-refractivity contribution in [2.45, 2.75) is 24.9 Å². The van der Waals surface area contributed by atoms with Crippen LogP contribution >= 0.6 is 0 Å². The third-order valence-corrected chi connectivity index (χ3v) is 4.25. The number of aromatic nitrogens is 2. The van der Waals surface area contributed by atoms with E-state index in [1.54, 1.807) is 12.1 Å². The smallest absolute Gasteiger partial charge is 0.278 e. The van der Waals surface area contributed by atoms with Crippen molar-refractivity contribution in [2.75, 3.05) is 11.3 Å². The highest BCUT2D eigenvalue weighted by molar-refractivity contribution is 7.92. The van der Waals surface area contributed by atoms with Crippen molar-refractivity contribution >= 4 is 15.7 Å². The van der Waals surface area contributed by atoms with Crippen LogP contribution in [0, 0.1) is 0 Å². The van der Waals surface area contributed by atoms with Crippen molar-refractivity contribution in [1.82, 2.24) is 15.5 Å². The fraction of sp³-hybridized carbons (Fsp3) is 0.308. The summed E-state index contributed by atoms with van der Waals surface area (Å²) >= 11 is 0. The second-order valence-electron chi connectivity index (χ2n) is 4.43. The Labute approximate surface area is 118 Å². The maximum absolute atomic E-state index is 12.0. The van der Waals surface area contributed by atoms with Gasteiger partial charge in [0.2, 0.25) is 0 Å². The van der Waals surface area contributed by atoms with Crippen LogP contribution < -0.4 is 10.0 Å². The Morgan fingerprint density at radius 2 is 1.95 bits per heavy atom. The van der Waals surface area contributed by atoms with Crippen LogP contribution in [0.5, 0.6) is 0 Å². The van der Waals surface area contributed by atoms with Crippen LogP contribution in [-0.2, 0) is 10.0 Å². The van der Waals surface area contributed by atoms with Crippen LogP contribution in [0.25, 0.3) is 0 Å². The van der Waals surface area contributed by atoms with E-state index in [1.165, 1.54) is 12.3 Å². The number of hydrogen-bond donors (Lipinski definition) is 3. The van der Waals surface area contributed by atoms with Crippen molar-refractivity contribution in [3.63, 3.8) is 0 Å². The molecule has 0 radical (unpaired) electrons. The van der Waals surface area contributed by atoms with Gasteiger partial charge in [0.15, 0.2) is 5.03 Å². The van der Waals surface area contributed by atoms with E-state index in [-0.39, 0.29) is 11.1 Å². The second-order valence-corrected chi connectivity index (χ2v) is 6.08. The van der Waals surface area contributed by atoms with Gasteiger partial charge in [-0.3, -0.25) is 9.82 Å². The third-order valence-electron chi connectivity index (χ3n) is 2.94. The lowest BCUT2D eigenvalue weighted by Gasteiger charge is -2.13.